The maximum atomic E-state index is 14.1. The van der Waals surface area contributed by atoms with Crippen LogP contribution in [-0.2, 0) is 14.8 Å². The van der Waals surface area contributed by atoms with Gasteiger partial charge in [0.25, 0.3) is 0 Å². The molecule has 0 aliphatic carbocycles. The van der Waals surface area contributed by atoms with E-state index in [1.54, 1.807) is 6.92 Å². The number of aryl methyl sites for hydroxylation is 1. The van der Waals surface area contributed by atoms with Crippen LogP contribution in [-0.4, -0.2) is 52.4 Å². The highest BCUT2D eigenvalue weighted by Gasteiger charge is 2.20. The molecule has 1 N–H and O–H groups in total. The Morgan fingerprint density at radius 1 is 1.16 bits per heavy atom. The Labute approximate surface area is 177 Å². The van der Waals surface area contributed by atoms with Crippen LogP contribution in [0.5, 0.6) is 0 Å². The number of rotatable bonds is 8. The van der Waals surface area contributed by atoms with E-state index in [0.29, 0.717) is 11.5 Å². The largest absolute Gasteiger partial charge is 0.326 e. The second-order valence-corrected chi connectivity index (χ2v) is 8.78. The van der Waals surface area contributed by atoms with Crippen molar-refractivity contribution in [2.75, 3.05) is 18.9 Å². The van der Waals surface area contributed by atoms with Crippen LogP contribution in [0.15, 0.2) is 47.4 Å². The minimum atomic E-state index is -3.78. The summed E-state index contributed by atoms with van der Waals surface area (Å²) in [6, 6.07) is 8.51. The van der Waals surface area contributed by atoms with Gasteiger partial charge in [-0.15, -0.1) is 5.10 Å². The molecule has 3 rings (SSSR count). The van der Waals surface area contributed by atoms with E-state index >= 15 is 0 Å². The molecule has 0 aliphatic heterocycles. The molecule has 0 atom stereocenters. The third-order valence-corrected chi connectivity index (χ3v) is 6.35. The van der Waals surface area contributed by atoms with E-state index in [9.17, 15) is 22.0 Å². The third kappa shape index (κ3) is 5.27. The van der Waals surface area contributed by atoms with Crippen molar-refractivity contribution in [1.82, 2.24) is 24.5 Å². The smallest absolute Gasteiger partial charge is 0.242 e. The second-order valence-electron chi connectivity index (χ2n) is 6.74. The van der Waals surface area contributed by atoms with Gasteiger partial charge in [-0.25, -0.2) is 21.5 Å². The van der Waals surface area contributed by atoms with Crippen molar-refractivity contribution < 1.29 is 22.0 Å². The van der Waals surface area contributed by atoms with Gasteiger partial charge in [-0.05, 0) is 66.2 Å². The van der Waals surface area contributed by atoms with Gasteiger partial charge in [-0.1, -0.05) is 0 Å². The van der Waals surface area contributed by atoms with E-state index in [1.807, 2.05) is 0 Å². The van der Waals surface area contributed by atoms with Crippen molar-refractivity contribution in [3.05, 3.63) is 59.9 Å². The molecule has 0 bridgehead atoms. The van der Waals surface area contributed by atoms with Gasteiger partial charge in [0, 0.05) is 25.7 Å². The van der Waals surface area contributed by atoms with Crippen molar-refractivity contribution in [3.8, 4) is 5.69 Å². The molecule has 0 aliphatic rings. The molecule has 164 valence electrons. The number of aromatic nitrogens is 4. The quantitative estimate of drug-likeness (QED) is 0.564. The Morgan fingerprint density at radius 3 is 2.52 bits per heavy atom. The molecule has 31 heavy (non-hydrogen) atoms. The summed E-state index contributed by atoms with van der Waals surface area (Å²) in [6.07, 6.45) is 0.294. The third-order valence-electron chi connectivity index (χ3n) is 4.48. The van der Waals surface area contributed by atoms with E-state index in [4.69, 9.17) is 0 Å². The number of halogens is 2. The monoisotopic (exact) mass is 450 g/mol. The molecule has 2 aromatic carbocycles. The molecule has 9 nitrogen and oxygen atoms in total. The molecule has 0 fully saturated rings. The summed E-state index contributed by atoms with van der Waals surface area (Å²) >= 11 is 0. The molecule has 1 heterocycles. The number of nitrogens with zero attached hydrogens (tertiary/aromatic N) is 5. The maximum absolute atomic E-state index is 14.1. The Morgan fingerprint density at radius 2 is 1.87 bits per heavy atom. The van der Waals surface area contributed by atoms with Gasteiger partial charge in [0.2, 0.25) is 15.9 Å². The Balaban J connectivity index is 1.57. The minimum absolute atomic E-state index is 0.0300. The predicted molar refractivity (Wildman–Crippen MR) is 108 cm³/mol. The lowest BCUT2D eigenvalue weighted by Crippen LogP contribution is -2.28. The number of benzene rings is 2. The molecular weight excluding hydrogens is 430 g/mol. The van der Waals surface area contributed by atoms with Crippen LogP contribution < -0.4 is 5.32 Å². The first kappa shape index (κ1) is 22.4. The number of hydrogen-bond acceptors (Lipinski definition) is 6. The molecule has 0 spiro atoms. The van der Waals surface area contributed by atoms with E-state index in [-0.39, 0.29) is 35.9 Å². The first-order valence-electron chi connectivity index (χ1n) is 9.25. The van der Waals surface area contributed by atoms with Crippen molar-refractivity contribution in [3.63, 3.8) is 0 Å². The van der Waals surface area contributed by atoms with Gasteiger partial charge in [0.1, 0.15) is 17.3 Å². The maximum Gasteiger partial charge on any atom is 0.242 e. The van der Waals surface area contributed by atoms with Gasteiger partial charge in [-0.2, -0.15) is 4.68 Å². The lowest BCUT2D eigenvalue weighted by Gasteiger charge is -2.17. The fourth-order valence-corrected chi connectivity index (χ4v) is 4.01. The standard InChI is InChI=1S/C19H20F2N6O3S/c1-13-23-24-25-27(13)18-12-15(7-10-17(18)21)22-19(28)4-3-11-26(2)31(29,30)16-8-5-14(20)6-9-16/h5-10,12H,3-4,11H2,1-2H3,(H,22,28). The summed E-state index contributed by atoms with van der Waals surface area (Å²) in [5, 5.41) is 13.5. The molecule has 12 heteroatoms. The zero-order valence-corrected chi connectivity index (χ0v) is 17.6. The molecule has 0 radical (unpaired) electrons. The molecule has 0 unspecified atom stereocenters. The topological polar surface area (TPSA) is 110 Å². The summed E-state index contributed by atoms with van der Waals surface area (Å²) < 4.78 is 54.4. The SMILES string of the molecule is Cc1nnnn1-c1cc(NC(=O)CCCN(C)S(=O)(=O)c2ccc(F)cc2)ccc1F. The fourth-order valence-electron chi connectivity index (χ4n) is 2.80. The highest BCUT2D eigenvalue weighted by molar-refractivity contribution is 7.89. The summed E-state index contributed by atoms with van der Waals surface area (Å²) in [6.45, 7) is 1.70. The molecule has 0 saturated carbocycles. The van der Waals surface area contributed by atoms with Crippen molar-refractivity contribution in [1.29, 1.82) is 0 Å². The second kappa shape index (κ2) is 9.27. The van der Waals surface area contributed by atoms with E-state index in [2.05, 4.69) is 20.8 Å². The Kier molecular flexibility index (Phi) is 6.71. The van der Waals surface area contributed by atoms with Gasteiger partial charge in [-0.3, -0.25) is 4.79 Å². The number of carbonyl (C=O) groups excluding carboxylic acids is 1. The van der Waals surface area contributed by atoms with Crippen LogP contribution in [0.4, 0.5) is 14.5 Å². The number of amides is 1. The van der Waals surface area contributed by atoms with Crippen LogP contribution in [0.2, 0.25) is 0 Å². The van der Waals surface area contributed by atoms with Crippen LogP contribution in [0, 0.1) is 18.6 Å². The number of tetrazole rings is 1. The lowest BCUT2D eigenvalue weighted by molar-refractivity contribution is -0.116. The lowest BCUT2D eigenvalue weighted by atomic mass is 10.2. The number of nitrogens with one attached hydrogen (secondary N) is 1. The first-order chi connectivity index (χ1) is 14.7. The van der Waals surface area contributed by atoms with Gasteiger partial charge < -0.3 is 5.32 Å². The van der Waals surface area contributed by atoms with Crippen molar-refractivity contribution >= 4 is 21.6 Å². The summed E-state index contributed by atoms with van der Waals surface area (Å²) in [4.78, 5) is 12.2. The normalized spacial score (nSPS) is 11.6. The van der Waals surface area contributed by atoms with E-state index in [0.717, 1.165) is 16.4 Å². The number of anilines is 1. The summed E-state index contributed by atoms with van der Waals surface area (Å²) in [5.74, 6) is -1.06. The van der Waals surface area contributed by atoms with Crippen molar-refractivity contribution in [2.45, 2.75) is 24.7 Å². The number of hydrogen-bond donors (Lipinski definition) is 1. The van der Waals surface area contributed by atoms with E-state index < -0.39 is 21.7 Å². The first-order valence-corrected chi connectivity index (χ1v) is 10.7. The minimum Gasteiger partial charge on any atom is -0.326 e. The molecule has 3 aromatic rings. The average Bonchev–Trinajstić information content (AvgIpc) is 3.15. The van der Waals surface area contributed by atoms with Gasteiger partial charge in [0.05, 0.1) is 4.90 Å². The summed E-state index contributed by atoms with van der Waals surface area (Å²) in [7, 11) is -2.39. The predicted octanol–water partition coefficient (Wildman–Crippen LogP) is 2.29. The zero-order valence-electron chi connectivity index (χ0n) is 16.8. The fraction of sp³-hybridized carbons (Fsp3) is 0.263. The van der Waals surface area contributed by atoms with Crippen molar-refractivity contribution in [2.24, 2.45) is 0 Å². The van der Waals surface area contributed by atoms with E-state index in [1.165, 1.54) is 42.1 Å². The zero-order chi connectivity index (χ0) is 22.6. The van der Waals surface area contributed by atoms with Crippen LogP contribution in [0.1, 0.15) is 18.7 Å². The Bertz CT molecular complexity index is 1180. The molecule has 1 amide bonds. The highest BCUT2D eigenvalue weighted by Crippen LogP contribution is 2.19. The van der Waals surface area contributed by atoms with Crippen LogP contribution in [0.25, 0.3) is 5.69 Å². The van der Waals surface area contributed by atoms with Crippen LogP contribution in [0.3, 0.4) is 0 Å². The molecule has 0 saturated heterocycles. The van der Waals surface area contributed by atoms with Gasteiger partial charge >= 0.3 is 0 Å². The molecule has 1 aromatic heterocycles. The van der Waals surface area contributed by atoms with Crippen LogP contribution >= 0.6 is 0 Å². The molecular formula is C19H20F2N6O3S. The van der Waals surface area contributed by atoms with Gasteiger partial charge in [0.15, 0.2) is 5.82 Å². The highest BCUT2D eigenvalue weighted by atomic mass is 32.2. The average molecular weight is 450 g/mol. The Hall–Kier alpha value is -3.25. The number of carbonyl (C=O) groups is 1. The number of sulfonamides is 1. The summed E-state index contributed by atoms with van der Waals surface area (Å²) in [5.41, 5.74) is 0.439.